The molecule has 0 bridgehead atoms. The first-order valence-corrected chi connectivity index (χ1v) is 13.0. The van der Waals surface area contributed by atoms with Gasteiger partial charge in [0, 0.05) is 0 Å². The van der Waals surface area contributed by atoms with Crippen LogP contribution in [0.15, 0.2) is 114 Å². The van der Waals surface area contributed by atoms with Crippen LogP contribution in [0, 0.1) is 0 Å². The van der Waals surface area contributed by atoms with E-state index in [1.807, 2.05) is 30.3 Å². The van der Waals surface area contributed by atoms with Crippen molar-refractivity contribution in [2.24, 2.45) is 0 Å². The largest absolute Gasteiger partial charge is 0.457 e. The van der Waals surface area contributed by atoms with Gasteiger partial charge in [-0.3, -0.25) is 18.8 Å². The molecule has 0 saturated carbocycles. The van der Waals surface area contributed by atoms with Crippen LogP contribution in [-0.2, 0) is 19.6 Å². The molecule has 2 amide bonds. The number of hydrogen-bond donors (Lipinski definition) is 1. The van der Waals surface area contributed by atoms with Crippen molar-refractivity contribution in [2.45, 2.75) is 4.90 Å². The Bertz CT molecular complexity index is 1530. The second-order valence-electron chi connectivity index (χ2n) is 8.28. The number of rotatable bonds is 7. The van der Waals surface area contributed by atoms with Crippen molar-refractivity contribution in [2.75, 3.05) is 27.6 Å². The molecular formula is C28H23N3O5S. The third-order valence-electron chi connectivity index (χ3n) is 5.79. The molecule has 1 heterocycles. The minimum Gasteiger partial charge on any atom is -0.457 e. The van der Waals surface area contributed by atoms with Gasteiger partial charge in [0.15, 0.2) is 0 Å². The highest BCUT2D eigenvalue weighted by Crippen LogP contribution is 2.31. The third kappa shape index (κ3) is 5.17. The maximum Gasteiger partial charge on any atom is 0.264 e. The summed E-state index contributed by atoms with van der Waals surface area (Å²) in [5.41, 5.74) is 1.29. The van der Waals surface area contributed by atoms with Crippen molar-refractivity contribution < 1.29 is 22.7 Å². The molecule has 4 aromatic carbocycles. The van der Waals surface area contributed by atoms with Crippen LogP contribution in [0.5, 0.6) is 11.5 Å². The molecule has 1 aliphatic heterocycles. The number of hydrogen-bond acceptors (Lipinski definition) is 5. The van der Waals surface area contributed by atoms with E-state index in [0.29, 0.717) is 22.9 Å². The highest BCUT2D eigenvalue weighted by atomic mass is 32.2. The zero-order valence-corrected chi connectivity index (χ0v) is 20.5. The molecule has 5 rings (SSSR count). The van der Waals surface area contributed by atoms with Crippen LogP contribution in [0.2, 0.25) is 0 Å². The molecule has 8 nitrogen and oxygen atoms in total. The second kappa shape index (κ2) is 10.2. The van der Waals surface area contributed by atoms with Crippen molar-refractivity contribution in [3.63, 3.8) is 0 Å². The van der Waals surface area contributed by atoms with E-state index in [0.717, 1.165) is 4.31 Å². The normalized spacial score (nSPS) is 12.9. The number of amides is 2. The van der Waals surface area contributed by atoms with Crippen molar-refractivity contribution in [3.8, 4) is 11.5 Å². The average molecular weight is 514 g/mol. The summed E-state index contributed by atoms with van der Waals surface area (Å²) in [4.78, 5) is 27.1. The number of benzene rings is 4. The molecule has 37 heavy (non-hydrogen) atoms. The van der Waals surface area contributed by atoms with Gasteiger partial charge in [-0.15, -0.1) is 0 Å². The molecule has 1 aliphatic rings. The molecule has 1 N–H and O–H groups in total. The summed E-state index contributed by atoms with van der Waals surface area (Å²) >= 11 is 0. The van der Waals surface area contributed by atoms with E-state index in [-0.39, 0.29) is 23.0 Å². The van der Waals surface area contributed by atoms with Crippen LogP contribution in [0.25, 0.3) is 0 Å². The van der Waals surface area contributed by atoms with E-state index in [2.05, 4.69) is 5.32 Å². The van der Waals surface area contributed by atoms with Crippen LogP contribution in [0.1, 0.15) is 0 Å². The summed E-state index contributed by atoms with van der Waals surface area (Å²) in [6.07, 6.45) is 0. The highest BCUT2D eigenvalue weighted by Gasteiger charge is 2.32. The Balaban J connectivity index is 1.48. The molecule has 9 heteroatoms. The fourth-order valence-corrected chi connectivity index (χ4v) is 5.44. The van der Waals surface area contributed by atoms with Crippen molar-refractivity contribution >= 4 is 38.9 Å². The standard InChI is InChI=1S/C28H23N3O5S/c32-27-19-30(26-14-8-7-13-25(26)29-27)28(33)20-31(37(34,35)24-11-5-2-6-12-24)21-15-17-23(18-16-21)36-22-9-3-1-4-10-22/h1-18H,19-20H2,(H,29,32). The first kappa shape index (κ1) is 24.1. The Hall–Kier alpha value is -4.63. The molecule has 0 fully saturated rings. The second-order valence-corrected chi connectivity index (χ2v) is 10.1. The zero-order valence-electron chi connectivity index (χ0n) is 19.7. The van der Waals surface area contributed by atoms with E-state index in [1.165, 1.54) is 17.0 Å². The fourth-order valence-electron chi connectivity index (χ4n) is 4.00. The van der Waals surface area contributed by atoms with Gasteiger partial charge in [0.2, 0.25) is 11.8 Å². The lowest BCUT2D eigenvalue weighted by atomic mass is 10.2. The van der Waals surface area contributed by atoms with E-state index in [9.17, 15) is 18.0 Å². The van der Waals surface area contributed by atoms with E-state index >= 15 is 0 Å². The van der Waals surface area contributed by atoms with Crippen molar-refractivity contribution in [3.05, 3.63) is 109 Å². The number of fused-ring (bicyclic) bond motifs is 1. The number of nitrogens with zero attached hydrogens (tertiary/aromatic N) is 2. The number of para-hydroxylation sites is 3. The number of carbonyl (C=O) groups is 2. The lowest BCUT2D eigenvalue weighted by Crippen LogP contribution is -2.48. The quantitative estimate of drug-likeness (QED) is 0.388. The van der Waals surface area contributed by atoms with Gasteiger partial charge in [-0.25, -0.2) is 8.42 Å². The minimum atomic E-state index is -4.11. The Morgan fingerprint density at radius 3 is 2.11 bits per heavy atom. The van der Waals surface area contributed by atoms with Gasteiger partial charge in [0.1, 0.15) is 24.6 Å². The van der Waals surface area contributed by atoms with Gasteiger partial charge in [-0.2, -0.15) is 0 Å². The Morgan fingerprint density at radius 1 is 0.811 bits per heavy atom. The Morgan fingerprint density at radius 2 is 1.41 bits per heavy atom. The maximum atomic E-state index is 13.7. The van der Waals surface area contributed by atoms with Crippen molar-refractivity contribution in [1.29, 1.82) is 0 Å². The van der Waals surface area contributed by atoms with Crippen LogP contribution in [0.3, 0.4) is 0 Å². The van der Waals surface area contributed by atoms with E-state index < -0.39 is 22.5 Å². The molecule has 0 aliphatic carbocycles. The number of carbonyl (C=O) groups excluding carboxylic acids is 2. The summed E-state index contributed by atoms with van der Waals surface area (Å²) in [5.74, 6) is 0.263. The summed E-state index contributed by atoms with van der Waals surface area (Å²) < 4.78 is 34.2. The van der Waals surface area contributed by atoms with Crippen LogP contribution in [-0.4, -0.2) is 33.3 Å². The summed E-state index contributed by atoms with van der Waals surface area (Å²) in [6, 6.07) is 30.5. The number of sulfonamides is 1. The first-order valence-electron chi connectivity index (χ1n) is 11.5. The van der Waals surface area contributed by atoms with Crippen LogP contribution >= 0.6 is 0 Å². The van der Waals surface area contributed by atoms with Gasteiger partial charge in [-0.1, -0.05) is 48.5 Å². The minimum absolute atomic E-state index is 0.0456. The molecule has 186 valence electrons. The smallest absolute Gasteiger partial charge is 0.264 e. The number of anilines is 3. The Kier molecular flexibility index (Phi) is 6.61. The number of nitrogens with one attached hydrogen (secondary N) is 1. The maximum absolute atomic E-state index is 13.7. The third-order valence-corrected chi connectivity index (χ3v) is 7.57. The zero-order chi connectivity index (χ0) is 25.8. The molecule has 0 unspecified atom stereocenters. The van der Waals surface area contributed by atoms with Gasteiger partial charge >= 0.3 is 0 Å². The van der Waals surface area contributed by atoms with Gasteiger partial charge < -0.3 is 10.1 Å². The van der Waals surface area contributed by atoms with Gasteiger partial charge in [0.25, 0.3) is 10.0 Å². The summed E-state index contributed by atoms with van der Waals surface area (Å²) in [7, 11) is -4.11. The number of ether oxygens (including phenoxy) is 1. The SMILES string of the molecule is O=C1CN(C(=O)CN(c2ccc(Oc3ccccc3)cc2)S(=O)(=O)c2ccccc2)c2ccccc2N1. The fraction of sp³-hybridized carbons (Fsp3) is 0.0714. The predicted molar refractivity (Wildman–Crippen MR) is 141 cm³/mol. The highest BCUT2D eigenvalue weighted by molar-refractivity contribution is 7.92. The molecule has 4 aromatic rings. The Labute approximate surface area is 214 Å². The first-order chi connectivity index (χ1) is 17.9. The predicted octanol–water partition coefficient (Wildman–Crippen LogP) is 4.66. The average Bonchev–Trinajstić information content (AvgIpc) is 2.92. The van der Waals surface area contributed by atoms with Gasteiger partial charge in [-0.05, 0) is 60.7 Å². The lowest BCUT2D eigenvalue weighted by molar-refractivity contribution is -0.121. The molecule has 0 radical (unpaired) electrons. The molecule has 0 atom stereocenters. The van der Waals surface area contributed by atoms with Crippen LogP contribution in [0.4, 0.5) is 17.1 Å². The summed E-state index contributed by atoms with van der Waals surface area (Å²) in [6.45, 7) is -0.712. The van der Waals surface area contributed by atoms with Crippen molar-refractivity contribution in [1.82, 2.24) is 0 Å². The molecule has 0 aromatic heterocycles. The lowest BCUT2D eigenvalue weighted by Gasteiger charge is -2.32. The van der Waals surface area contributed by atoms with Gasteiger partial charge in [0.05, 0.1) is 22.0 Å². The van der Waals surface area contributed by atoms with Crippen LogP contribution < -0.4 is 19.3 Å². The molecular weight excluding hydrogens is 490 g/mol. The monoisotopic (exact) mass is 513 g/mol. The summed E-state index contributed by atoms with van der Waals surface area (Å²) in [5, 5.41) is 2.73. The topological polar surface area (TPSA) is 96.0 Å². The molecule has 0 saturated heterocycles. The molecule has 0 spiro atoms. The van der Waals surface area contributed by atoms with E-state index in [4.69, 9.17) is 4.74 Å². The van der Waals surface area contributed by atoms with E-state index in [1.54, 1.807) is 66.7 Å².